The molecule has 1 unspecified atom stereocenters. The summed E-state index contributed by atoms with van der Waals surface area (Å²) >= 11 is 0. The Hall–Kier alpha value is -2.47. The van der Waals surface area contributed by atoms with Gasteiger partial charge < -0.3 is 9.84 Å². The summed E-state index contributed by atoms with van der Waals surface area (Å²) in [6, 6.07) is 6.86. The van der Waals surface area contributed by atoms with Gasteiger partial charge in [0.1, 0.15) is 17.2 Å². The molecule has 1 saturated heterocycles. The standard InChI is InChI=1S/C19H21N3O3/c23-15-1-2-18(21-9-15)19(24)12-22-10-13-7-17(8-14(13)11-22)25-16-3-5-20-6-4-16/h1-6,9,13-14,17,23H,7-8,10-12H2/t13-,14+,17?. The quantitative estimate of drug-likeness (QED) is 0.841. The van der Waals surface area contributed by atoms with Gasteiger partial charge in [0, 0.05) is 25.5 Å². The number of aromatic nitrogens is 2. The first-order chi connectivity index (χ1) is 12.2. The highest BCUT2D eigenvalue weighted by Crippen LogP contribution is 2.39. The molecule has 4 rings (SSSR count). The largest absolute Gasteiger partial charge is 0.506 e. The lowest BCUT2D eigenvalue weighted by Crippen LogP contribution is -2.30. The zero-order valence-electron chi connectivity index (χ0n) is 13.9. The Bertz CT molecular complexity index is 721. The van der Waals surface area contributed by atoms with E-state index in [0.717, 1.165) is 31.7 Å². The fraction of sp³-hybridized carbons (Fsp3) is 0.421. The molecule has 3 heterocycles. The molecule has 0 aromatic carbocycles. The number of ether oxygens (including phenoxy) is 1. The zero-order chi connectivity index (χ0) is 17.2. The van der Waals surface area contributed by atoms with E-state index in [-0.39, 0.29) is 17.6 Å². The number of likely N-dealkylation sites (tertiary alicyclic amines) is 1. The van der Waals surface area contributed by atoms with E-state index in [0.29, 0.717) is 24.1 Å². The first kappa shape index (κ1) is 16.0. The Morgan fingerprint density at radius 3 is 2.52 bits per heavy atom. The maximum atomic E-state index is 12.3. The SMILES string of the molecule is O=C(CN1C[C@H]2CC(Oc3ccncc3)C[C@H]2C1)c1ccc(O)cn1. The molecular formula is C19H21N3O3. The first-order valence-electron chi connectivity index (χ1n) is 8.64. The van der Waals surface area contributed by atoms with Gasteiger partial charge in [-0.1, -0.05) is 0 Å². The van der Waals surface area contributed by atoms with E-state index in [1.807, 2.05) is 12.1 Å². The van der Waals surface area contributed by atoms with Crippen molar-refractivity contribution in [2.45, 2.75) is 18.9 Å². The number of pyridine rings is 2. The molecule has 2 aliphatic rings. The van der Waals surface area contributed by atoms with Crippen LogP contribution in [0.25, 0.3) is 0 Å². The third-order valence-electron chi connectivity index (χ3n) is 5.14. The fourth-order valence-corrected chi connectivity index (χ4v) is 4.01. The average Bonchev–Trinajstić information content (AvgIpc) is 3.14. The Morgan fingerprint density at radius 2 is 1.88 bits per heavy atom. The summed E-state index contributed by atoms with van der Waals surface area (Å²) in [5, 5.41) is 9.26. The molecular weight excluding hydrogens is 318 g/mol. The number of hydrogen-bond donors (Lipinski definition) is 1. The zero-order valence-corrected chi connectivity index (χ0v) is 13.9. The summed E-state index contributed by atoms with van der Waals surface area (Å²) in [4.78, 5) is 22.5. The van der Waals surface area contributed by atoms with E-state index in [1.165, 1.54) is 12.3 Å². The second-order valence-corrected chi connectivity index (χ2v) is 6.93. The molecule has 130 valence electrons. The molecule has 0 amide bonds. The molecule has 1 aliphatic carbocycles. The van der Waals surface area contributed by atoms with Crippen LogP contribution in [0.15, 0.2) is 42.9 Å². The third-order valence-corrected chi connectivity index (χ3v) is 5.14. The molecule has 1 aliphatic heterocycles. The highest BCUT2D eigenvalue weighted by atomic mass is 16.5. The summed E-state index contributed by atoms with van der Waals surface area (Å²) in [6.45, 7) is 2.26. The summed E-state index contributed by atoms with van der Waals surface area (Å²) < 4.78 is 6.05. The molecule has 0 spiro atoms. The minimum absolute atomic E-state index is 0.00422. The maximum Gasteiger partial charge on any atom is 0.195 e. The number of aromatic hydroxyl groups is 1. The number of carbonyl (C=O) groups is 1. The molecule has 3 atom stereocenters. The molecule has 2 aromatic heterocycles. The van der Waals surface area contributed by atoms with Crippen molar-refractivity contribution in [1.82, 2.24) is 14.9 Å². The lowest BCUT2D eigenvalue weighted by atomic mass is 10.0. The predicted molar refractivity (Wildman–Crippen MR) is 91.5 cm³/mol. The van der Waals surface area contributed by atoms with Crippen LogP contribution < -0.4 is 4.74 Å². The van der Waals surface area contributed by atoms with E-state index in [1.54, 1.807) is 18.5 Å². The number of ketones is 1. The minimum Gasteiger partial charge on any atom is -0.506 e. The van der Waals surface area contributed by atoms with Crippen molar-refractivity contribution in [3.05, 3.63) is 48.5 Å². The monoisotopic (exact) mass is 339 g/mol. The van der Waals surface area contributed by atoms with E-state index in [4.69, 9.17) is 4.74 Å². The van der Waals surface area contributed by atoms with Crippen molar-refractivity contribution >= 4 is 5.78 Å². The molecule has 6 nitrogen and oxygen atoms in total. The first-order valence-corrected chi connectivity index (χ1v) is 8.64. The van der Waals surface area contributed by atoms with Crippen LogP contribution in [0.1, 0.15) is 23.3 Å². The second-order valence-electron chi connectivity index (χ2n) is 6.93. The van der Waals surface area contributed by atoms with Crippen molar-refractivity contribution < 1.29 is 14.6 Å². The predicted octanol–water partition coefficient (Wildman–Crippen LogP) is 2.15. The Balaban J connectivity index is 1.29. The van der Waals surface area contributed by atoms with Gasteiger partial charge in [-0.15, -0.1) is 0 Å². The van der Waals surface area contributed by atoms with Gasteiger partial charge in [0.15, 0.2) is 5.78 Å². The summed E-state index contributed by atoms with van der Waals surface area (Å²) in [6.07, 6.45) is 7.14. The molecule has 0 bridgehead atoms. The smallest absolute Gasteiger partial charge is 0.195 e. The molecule has 1 N–H and O–H groups in total. The van der Waals surface area contributed by atoms with Gasteiger partial charge >= 0.3 is 0 Å². The summed E-state index contributed by atoms with van der Waals surface area (Å²) in [5.41, 5.74) is 0.411. The van der Waals surface area contributed by atoms with Gasteiger partial charge in [0.05, 0.1) is 18.8 Å². The molecule has 2 fully saturated rings. The van der Waals surface area contributed by atoms with Crippen LogP contribution >= 0.6 is 0 Å². The van der Waals surface area contributed by atoms with Crippen molar-refractivity contribution in [3.63, 3.8) is 0 Å². The number of nitrogens with zero attached hydrogens (tertiary/aromatic N) is 3. The van der Waals surface area contributed by atoms with Crippen LogP contribution in [0, 0.1) is 11.8 Å². The van der Waals surface area contributed by atoms with Gasteiger partial charge in [0.2, 0.25) is 0 Å². The molecule has 25 heavy (non-hydrogen) atoms. The summed E-state index contributed by atoms with van der Waals surface area (Å²) in [5.74, 6) is 2.14. The second kappa shape index (κ2) is 6.80. The lowest BCUT2D eigenvalue weighted by molar-refractivity contribution is 0.0932. The van der Waals surface area contributed by atoms with Crippen LogP contribution in [-0.2, 0) is 0 Å². The van der Waals surface area contributed by atoms with Crippen molar-refractivity contribution in [2.75, 3.05) is 19.6 Å². The highest BCUT2D eigenvalue weighted by Gasteiger charge is 2.42. The van der Waals surface area contributed by atoms with Gasteiger partial charge in [-0.25, -0.2) is 4.98 Å². The fourth-order valence-electron chi connectivity index (χ4n) is 4.01. The number of carbonyl (C=O) groups excluding carboxylic acids is 1. The third kappa shape index (κ3) is 3.64. The molecule has 6 heteroatoms. The highest BCUT2D eigenvalue weighted by molar-refractivity contribution is 5.95. The van der Waals surface area contributed by atoms with Crippen molar-refractivity contribution in [2.24, 2.45) is 11.8 Å². The van der Waals surface area contributed by atoms with Crippen molar-refractivity contribution in [3.8, 4) is 11.5 Å². The maximum absolute atomic E-state index is 12.3. The van der Waals surface area contributed by atoms with Crippen LogP contribution in [0.4, 0.5) is 0 Å². The van der Waals surface area contributed by atoms with E-state index < -0.39 is 0 Å². The molecule has 1 saturated carbocycles. The van der Waals surface area contributed by atoms with E-state index >= 15 is 0 Å². The number of Topliss-reactive ketones (excluding diaryl/α,β-unsaturated/α-hetero) is 1. The van der Waals surface area contributed by atoms with Crippen LogP contribution in [0.2, 0.25) is 0 Å². The van der Waals surface area contributed by atoms with Gasteiger partial charge in [-0.3, -0.25) is 14.7 Å². The molecule has 2 aromatic rings. The summed E-state index contributed by atoms with van der Waals surface area (Å²) in [7, 11) is 0. The number of rotatable bonds is 5. The Kier molecular flexibility index (Phi) is 4.36. The molecule has 0 radical (unpaired) electrons. The normalized spacial score (nSPS) is 25.7. The minimum atomic E-state index is 0.00422. The topological polar surface area (TPSA) is 75.6 Å². The lowest BCUT2D eigenvalue weighted by Gasteiger charge is -2.19. The van der Waals surface area contributed by atoms with Crippen molar-refractivity contribution in [1.29, 1.82) is 0 Å². The van der Waals surface area contributed by atoms with Gasteiger partial charge in [-0.2, -0.15) is 0 Å². The van der Waals surface area contributed by atoms with Gasteiger partial charge in [-0.05, 0) is 48.9 Å². The van der Waals surface area contributed by atoms with E-state index in [9.17, 15) is 9.90 Å². The van der Waals surface area contributed by atoms with Crippen LogP contribution in [0.5, 0.6) is 11.5 Å². The van der Waals surface area contributed by atoms with E-state index in [2.05, 4.69) is 14.9 Å². The Morgan fingerprint density at radius 1 is 1.16 bits per heavy atom. The van der Waals surface area contributed by atoms with Gasteiger partial charge in [0.25, 0.3) is 0 Å². The number of fused-ring (bicyclic) bond motifs is 1. The van der Waals surface area contributed by atoms with Crippen LogP contribution in [0.3, 0.4) is 0 Å². The number of hydrogen-bond acceptors (Lipinski definition) is 6. The van der Waals surface area contributed by atoms with Crippen LogP contribution in [-0.4, -0.2) is 51.5 Å². The average molecular weight is 339 g/mol. The Labute approximate surface area is 146 Å².